The van der Waals surface area contributed by atoms with Crippen LogP contribution in [0.2, 0.25) is 0 Å². The largest absolute Gasteiger partial charge is 0.497 e. The van der Waals surface area contributed by atoms with Crippen LogP contribution in [0.5, 0.6) is 5.75 Å². The van der Waals surface area contributed by atoms with Crippen molar-refractivity contribution in [3.8, 4) is 22.6 Å². The van der Waals surface area contributed by atoms with Gasteiger partial charge in [-0.2, -0.15) is 5.10 Å². The number of halogens is 1. The van der Waals surface area contributed by atoms with Crippen molar-refractivity contribution in [2.75, 3.05) is 7.11 Å². The molecule has 0 unspecified atom stereocenters. The van der Waals surface area contributed by atoms with Crippen molar-refractivity contribution in [1.29, 1.82) is 0 Å². The van der Waals surface area contributed by atoms with Gasteiger partial charge in [-0.25, -0.2) is 8.91 Å². The second-order valence-electron chi connectivity index (χ2n) is 6.83. The first kappa shape index (κ1) is 18.0. The molecule has 148 valence electrons. The quantitative estimate of drug-likeness (QED) is 0.462. The highest BCUT2D eigenvalue weighted by atomic mass is 19.1. The minimum Gasteiger partial charge on any atom is -0.497 e. The average molecular weight is 401 g/mol. The number of pyridine rings is 1. The number of hydrogen-bond acceptors (Lipinski definition) is 5. The summed E-state index contributed by atoms with van der Waals surface area (Å²) in [5, 5.41) is 13.1. The predicted molar refractivity (Wildman–Crippen MR) is 111 cm³/mol. The van der Waals surface area contributed by atoms with Gasteiger partial charge in [0.05, 0.1) is 18.4 Å². The molecule has 0 radical (unpaired) electrons. The smallest absolute Gasteiger partial charge is 0.285 e. The number of rotatable bonds is 3. The Morgan fingerprint density at radius 2 is 1.70 bits per heavy atom. The summed E-state index contributed by atoms with van der Waals surface area (Å²) in [5.41, 5.74) is 4.01. The molecule has 3 heterocycles. The molecule has 0 fully saturated rings. The van der Waals surface area contributed by atoms with E-state index in [0.717, 1.165) is 22.6 Å². The van der Waals surface area contributed by atoms with Crippen molar-refractivity contribution in [1.82, 2.24) is 24.4 Å². The average Bonchev–Trinajstić information content (AvgIpc) is 3.11. The first-order valence-corrected chi connectivity index (χ1v) is 9.24. The van der Waals surface area contributed by atoms with Crippen LogP contribution in [0.25, 0.3) is 33.5 Å². The number of aryl methyl sites for hydroxylation is 1. The molecule has 0 N–H and O–H groups in total. The minimum atomic E-state index is -0.368. The molecular formula is C22H16FN5O2. The normalized spacial score (nSPS) is 11.3. The van der Waals surface area contributed by atoms with Crippen molar-refractivity contribution in [3.05, 3.63) is 82.7 Å². The molecule has 0 aliphatic carbocycles. The van der Waals surface area contributed by atoms with E-state index < -0.39 is 0 Å². The summed E-state index contributed by atoms with van der Waals surface area (Å²) in [5.74, 6) is 0.387. The lowest BCUT2D eigenvalue weighted by molar-refractivity contribution is 0.415. The number of fused-ring (bicyclic) bond motifs is 3. The van der Waals surface area contributed by atoms with E-state index in [1.807, 2.05) is 31.2 Å². The molecule has 0 aliphatic heterocycles. The SMILES string of the molecule is COc1ccc(-c2c(C)nn3c2nnc2c(=O)n(-c4ccc(F)cc4)ccc23)cc1. The molecular weight excluding hydrogens is 385 g/mol. The fourth-order valence-electron chi connectivity index (χ4n) is 3.55. The van der Waals surface area contributed by atoms with Crippen molar-refractivity contribution >= 4 is 16.7 Å². The van der Waals surface area contributed by atoms with E-state index in [9.17, 15) is 9.18 Å². The molecule has 5 aromatic rings. The monoisotopic (exact) mass is 401 g/mol. The number of hydrogen-bond donors (Lipinski definition) is 0. The highest BCUT2D eigenvalue weighted by molar-refractivity contribution is 5.84. The summed E-state index contributed by atoms with van der Waals surface area (Å²) in [6.45, 7) is 1.89. The van der Waals surface area contributed by atoms with Gasteiger partial charge < -0.3 is 4.74 Å². The molecule has 0 saturated heterocycles. The van der Waals surface area contributed by atoms with Crippen LogP contribution in [0.3, 0.4) is 0 Å². The lowest BCUT2D eigenvalue weighted by Crippen LogP contribution is -2.20. The van der Waals surface area contributed by atoms with Crippen LogP contribution >= 0.6 is 0 Å². The van der Waals surface area contributed by atoms with E-state index in [2.05, 4.69) is 15.3 Å². The van der Waals surface area contributed by atoms with Crippen LogP contribution in [-0.2, 0) is 0 Å². The van der Waals surface area contributed by atoms with Gasteiger partial charge in [0.25, 0.3) is 5.56 Å². The molecule has 0 amide bonds. The second-order valence-corrected chi connectivity index (χ2v) is 6.83. The minimum absolute atomic E-state index is 0.179. The van der Waals surface area contributed by atoms with E-state index in [4.69, 9.17) is 4.74 Å². The zero-order valence-corrected chi connectivity index (χ0v) is 16.2. The molecule has 3 aromatic heterocycles. The van der Waals surface area contributed by atoms with Gasteiger partial charge in [-0.1, -0.05) is 12.1 Å². The fraction of sp³-hybridized carbons (Fsp3) is 0.0909. The molecule has 0 aliphatic rings. The van der Waals surface area contributed by atoms with E-state index in [1.54, 1.807) is 23.9 Å². The summed E-state index contributed by atoms with van der Waals surface area (Å²) in [6.07, 6.45) is 1.63. The summed E-state index contributed by atoms with van der Waals surface area (Å²) >= 11 is 0. The number of methoxy groups -OCH3 is 1. The first-order chi connectivity index (χ1) is 14.6. The highest BCUT2D eigenvalue weighted by Gasteiger charge is 2.17. The van der Waals surface area contributed by atoms with E-state index in [0.29, 0.717) is 16.9 Å². The Morgan fingerprint density at radius 1 is 0.967 bits per heavy atom. The van der Waals surface area contributed by atoms with Crippen LogP contribution in [0.15, 0.2) is 65.6 Å². The maximum atomic E-state index is 13.2. The molecule has 2 aromatic carbocycles. The second kappa shape index (κ2) is 6.77. The Bertz CT molecular complexity index is 1450. The van der Waals surface area contributed by atoms with E-state index in [-0.39, 0.29) is 16.9 Å². The zero-order chi connectivity index (χ0) is 20.8. The number of aromatic nitrogens is 5. The number of ether oxygens (including phenoxy) is 1. The third-order valence-corrected chi connectivity index (χ3v) is 5.04. The highest BCUT2D eigenvalue weighted by Crippen LogP contribution is 2.29. The van der Waals surface area contributed by atoms with Gasteiger partial charge in [0.1, 0.15) is 17.1 Å². The molecule has 0 atom stereocenters. The molecule has 8 heteroatoms. The Morgan fingerprint density at radius 3 is 2.40 bits per heavy atom. The van der Waals surface area contributed by atoms with E-state index in [1.165, 1.54) is 28.8 Å². The van der Waals surface area contributed by atoms with Gasteiger partial charge in [0.2, 0.25) is 0 Å². The van der Waals surface area contributed by atoms with Gasteiger partial charge in [-0.3, -0.25) is 9.36 Å². The third kappa shape index (κ3) is 2.73. The van der Waals surface area contributed by atoms with E-state index >= 15 is 0 Å². The van der Waals surface area contributed by atoms with Crippen LogP contribution in [-0.4, -0.2) is 31.5 Å². The fourth-order valence-corrected chi connectivity index (χ4v) is 3.55. The van der Waals surface area contributed by atoms with Crippen LogP contribution in [0, 0.1) is 12.7 Å². The lowest BCUT2D eigenvalue weighted by atomic mass is 10.1. The topological polar surface area (TPSA) is 74.3 Å². The van der Waals surface area contributed by atoms with Gasteiger partial charge in [0, 0.05) is 11.9 Å². The summed E-state index contributed by atoms with van der Waals surface area (Å²) in [6, 6.07) is 15.0. The van der Waals surface area contributed by atoms with Crippen molar-refractivity contribution < 1.29 is 9.13 Å². The lowest BCUT2D eigenvalue weighted by Gasteiger charge is -2.07. The molecule has 5 rings (SSSR count). The molecule has 0 spiro atoms. The first-order valence-electron chi connectivity index (χ1n) is 9.24. The van der Waals surface area contributed by atoms with Crippen molar-refractivity contribution in [2.24, 2.45) is 0 Å². The van der Waals surface area contributed by atoms with Crippen LogP contribution in [0.1, 0.15) is 5.69 Å². The zero-order valence-electron chi connectivity index (χ0n) is 16.2. The van der Waals surface area contributed by atoms with Gasteiger partial charge in [0.15, 0.2) is 11.2 Å². The Kier molecular flexibility index (Phi) is 4.06. The van der Waals surface area contributed by atoms with Gasteiger partial charge >= 0.3 is 0 Å². The molecule has 30 heavy (non-hydrogen) atoms. The van der Waals surface area contributed by atoms with Crippen LogP contribution in [0.4, 0.5) is 4.39 Å². The standard InChI is InChI=1S/C22H16FN5O2/c1-13-19(14-3-9-17(30-2)10-4-14)21-25-24-20-18(28(21)26-13)11-12-27(22(20)29)16-7-5-15(23)6-8-16/h3-12H,1-2H3. The number of nitrogens with zero attached hydrogens (tertiary/aromatic N) is 5. The van der Waals surface area contributed by atoms with Crippen molar-refractivity contribution in [2.45, 2.75) is 6.92 Å². The summed E-state index contributed by atoms with van der Waals surface area (Å²) in [4.78, 5) is 13.0. The maximum absolute atomic E-state index is 13.2. The Labute approximate surface area is 170 Å². The van der Waals surface area contributed by atoms with Gasteiger partial charge in [-0.05, 0) is 55.0 Å². The Hall–Kier alpha value is -4.07. The maximum Gasteiger partial charge on any atom is 0.285 e. The molecule has 0 saturated carbocycles. The molecule has 0 bridgehead atoms. The van der Waals surface area contributed by atoms with Crippen molar-refractivity contribution in [3.63, 3.8) is 0 Å². The summed E-state index contributed by atoms with van der Waals surface area (Å²) < 4.78 is 21.5. The van der Waals surface area contributed by atoms with Crippen LogP contribution < -0.4 is 10.3 Å². The third-order valence-electron chi connectivity index (χ3n) is 5.04. The predicted octanol–water partition coefficient (Wildman–Crippen LogP) is 3.55. The molecule has 7 nitrogen and oxygen atoms in total. The number of benzene rings is 2. The summed E-state index contributed by atoms with van der Waals surface area (Å²) in [7, 11) is 1.62. The van der Waals surface area contributed by atoms with Gasteiger partial charge in [-0.15, -0.1) is 10.2 Å². The Balaban J connectivity index is 1.72.